The van der Waals surface area contributed by atoms with Gasteiger partial charge >= 0.3 is 5.97 Å². The summed E-state index contributed by atoms with van der Waals surface area (Å²) >= 11 is 0. The SMILES string of the molecule is COCCN(Cc1ccc(F)cc1C(=O)O)C(C)COC. The lowest BCUT2D eigenvalue weighted by Gasteiger charge is -2.29. The lowest BCUT2D eigenvalue weighted by atomic mass is 10.1. The highest BCUT2D eigenvalue weighted by atomic mass is 19.1. The monoisotopic (exact) mass is 299 g/mol. The first-order valence-electron chi connectivity index (χ1n) is 6.73. The normalized spacial score (nSPS) is 12.6. The van der Waals surface area contributed by atoms with Crippen molar-refractivity contribution in [1.82, 2.24) is 4.90 Å². The van der Waals surface area contributed by atoms with Crippen molar-refractivity contribution in [1.29, 1.82) is 0 Å². The minimum Gasteiger partial charge on any atom is -0.478 e. The minimum absolute atomic E-state index is 0.0120. The molecule has 1 atom stereocenters. The fraction of sp³-hybridized carbons (Fsp3) is 0.533. The van der Waals surface area contributed by atoms with Crippen LogP contribution in [0.25, 0.3) is 0 Å². The van der Waals surface area contributed by atoms with Crippen LogP contribution in [-0.4, -0.2) is 56.0 Å². The number of hydrogen-bond donors (Lipinski definition) is 1. The van der Waals surface area contributed by atoms with Crippen LogP contribution >= 0.6 is 0 Å². The Bertz CT molecular complexity index is 467. The summed E-state index contributed by atoms with van der Waals surface area (Å²) in [4.78, 5) is 13.3. The summed E-state index contributed by atoms with van der Waals surface area (Å²) in [6.45, 7) is 4.07. The number of halogens is 1. The summed E-state index contributed by atoms with van der Waals surface area (Å²) < 4.78 is 23.4. The van der Waals surface area contributed by atoms with Crippen LogP contribution < -0.4 is 0 Å². The topological polar surface area (TPSA) is 59.0 Å². The number of methoxy groups -OCH3 is 2. The quantitative estimate of drug-likeness (QED) is 0.756. The van der Waals surface area contributed by atoms with Crippen LogP contribution in [0.1, 0.15) is 22.8 Å². The smallest absolute Gasteiger partial charge is 0.336 e. The number of hydrogen-bond acceptors (Lipinski definition) is 4. The molecule has 0 saturated heterocycles. The second kappa shape index (κ2) is 8.71. The maximum absolute atomic E-state index is 13.2. The number of carboxylic acids is 1. The highest BCUT2D eigenvalue weighted by Gasteiger charge is 2.18. The first kappa shape index (κ1) is 17.6. The van der Waals surface area contributed by atoms with Gasteiger partial charge in [-0.3, -0.25) is 4.90 Å². The fourth-order valence-corrected chi connectivity index (χ4v) is 2.11. The lowest BCUT2D eigenvalue weighted by molar-refractivity contribution is 0.0663. The van der Waals surface area contributed by atoms with E-state index in [1.807, 2.05) is 11.8 Å². The Balaban J connectivity index is 2.94. The van der Waals surface area contributed by atoms with E-state index in [1.165, 1.54) is 12.1 Å². The van der Waals surface area contributed by atoms with Crippen LogP contribution in [0.2, 0.25) is 0 Å². The molecule has 0 aliphatic rings. The summed E-state index contributed by atoms with van der Waals surface area (Å²) in [5.74, 6) is -1.68. The van der Waals surface area contributed by atoms with Crippen molar-refractivity contribution in [3.63, 3.8) is 0 Å². The molecule has 118 valence electrons. The number of rotatable bonds is 9. The van der Waals surface area contributed by atoms with Gasteiger partial charge < -0.3 is 14.6 Å². The van der Waals surface area contributed by atoms with E-state index in [9.17, 15) is 14.3 Å². The predicted molar refractivity (Wildman–Crippen MR) is 77.0 cm³/mol. The molecule has 0 aliphatic heterocycles. The van der Waals surface area contributed by atoms with E-state index in [2.05, 4.69) is 0 Å². The van der Waals surface area contributed by atoms with Crippen LogP contribution in [0.15, 0.2) is 18.2 Å². The summed E-state index contributed by atoms with van der Waals surface area (Å²) in [5.41, 5.74) is 0.560. The number of carbonyl (C=O) groups is 1. The van der Waals surface area contributed by atoms with E-state index < -0.39 is 11.8 Å². The van der Waals surface area contributed by atoms with Gasteiger partial charge in [0, 0.05) is 33.4 Å². The summed E-state index contributed by atoms with van der Waals surface area (Å²) in [7, 11) is 3.23. The van der Waals surface area contributed by atoms with E-state index in [-0.39, 0.29) is 11.6 Å². The van der Waals surface area contributed by atoms with Crippen molar-refractivity contribution in [3.05, 3.63) is 35.1 Å². The van der Waals surface area contributed by atoms with E-state index in [1.54, 1.807) is 14.2 Å². The first-order chi connectivity index (χ1) is 9.99. The predicted octanol–water partition coefficient (Wildman–Crippen LogP) is 2.01. The Kier molecular flexibility index (Phi) is 7.28. The average molecular weight is 299 g/mol. The standard InChI is InChI=1S/C15H22FNO4/c1-11(10-21-3)17(6-7-20-2)9-12-4-5-13(16)8-14(12)15(18)19/h4-5,8,11H,6-7,9-10H2,1-3H3,(H,18,19). The Morgan fingerprint density at radius 2 is 2.10 bits per heavy atom. The fourth-order valence-electron chi connectivity index (χ4n) is 2.11. The second-order valence-corrected chi connectivity index (χ2v) is 4.87. The number of benzene rings is 1. The van der Waals surface area contributed by atoms with Gasteiger partial charge in [0.05, 0.1) is 18.8 Å². The molecular weight excluding hydrogens is 277 g/mol. The second-order valence-electron chi connectivity index (χ2n) is 4.87. The van der Waals surface area contributed by atoms with Crippen LogP contribution in [0.4, 0.5) is 4.39 Å². The zero-order valence-electron chi connectivity index (χ0n) is 12.6. The molecular formula is C15H22FNO4. The number of ether oxygens (including phenoxy) is 2. The van der Waals surface area contributed by atoms with Crippen molar-refractivity contribution in [3.8, 4) is 0 Å². The minimum atomic E-state index is -1.13. The molecule has 0 heterocycles. The molecule has 0 radical (unpaired) electrons. The zero-order valence-corrected chi connectivity index (χ0v) is 12.6. The molecule has 0 aliphatic carbocycles. The van der Waals surface area contributed by atoms with Gasteiger partial charge in [-0.1, -0.05) is 6.07 Å². The molecule has 1 N–H and O–H groups in total. The van der Waals surface area contributed by atoms with E-state index in [0.29, 0.717) is 31.9 Å². The average Bonchev–Trinajstić information content (AvgIpc) is 2.44. The summed E-state index contributed by atoms with van der Waals surface area (Å²) in [6, 6.07) is 3.93. The summed E-state index contributed by atoms with van der Waals surface area (Å²) in [6.07, 6.45) is 0. The molecule has 1 rings (SSSR count). The van der Waals surface area contributed by atoms with E-state index >= 15 is 0 Å². The van der Waals surface area contributed by atoms with Crippen molar-refractivity contribution in [2.75, 3.05) is 34.0 Å². The van der Waals surface area contributed by atoms with Gasteiger partial charge in [-0.25, -0.2) is 9.18 Å². The van der Waals surface area contributed by atoms with Gasteiger partial charge in [0.1, 0.15) is 5.82 Å². The van der Waals surface area contributed by atoms with Crippen LogP contribution in [0, 0.1) is 5.82 Å². The molecule has 5 nitrogen and oxygen atoms in total. The maximum atomic E-state index is 13.2. The molecule has 0 spiro atoms. The van der Waals surface area contributed by atoms with Crippen molar-refractivity contribution in [2.24, 2.45) is 0 Å². The lowest BCUT2D eigenvalue weighted by Crippen LogP contribution is -2.38. The summed E-state index contributed by atoms with van der Waals surface area (Å²) in [5, 5.41) is 9.19. The molecule has 6 heteroatoms. The maximum Gasteiger partial charge on any atom is 0.336 e. The number of aromatic carboxylic acids is 1. The number of nitrogens with zero attached hydrogens (tertiary/aromatic N) is 1. The number of carboxylic acid groups (broad SMARTS) is 1. The van der Waals surface area contributed by atoms with Gasteiger partial charge in [0.15, 0.2) is 0 Å². The van der Waals surface area contributed by atoms with Crippen LogP contribution in [0.3, 0.4) is 0 Å². The first-order valence-corrected chi connectivity index (χ1v) is 6.73. The van der Waals surface area contributed by atoms with Crippen LogP contribution in [-0.2, 0) is 16.0 Å². The third-order valence-corrected chi connectivity index (χ3v) is 3.29. The molecule has 1 unspecified atom stereocenters. The molecule has 0 fully saturated rings. The molecule has 1 aromatic carbocycles. The Labute approximate surface area is 124 Å². The molecule has 0 aromatic heterocycles. The molecule has 21 heavy (non-hydrogen) atoms. The van der Waals surface area contributed by atoms with E-state index in [4.69, 9.17) is 9.47 Å². The Hall–Kier alpha value is -1.50. The third-order valence-electron chi connectivity index (χ3n) is 3.29. The van der Waals surface area contributed by atoms with Crippen molar-refractivity contribution in [2.45, 2.75) is 19.5 Å². The van der Waals surface area contributed by atoms with Crippen LogP contribution in [0.5, 0.6) is 0 Å². The van der Waals surface area contributed by atoms with Gasteiger partial charge in [-0.05, 0) is 24.6 Å². The van der Waals surface area contributed by atoms with Gasteiger partial charge in [0.25, 0.3) is 0 Å². The molecule has 0 amide bonds. The van der Waals surface area contributed by atoms with Gasteiger partial charge in [-0.2, -0.15) is 0 Å². The van der Waals surface area contributed by atoms with Crippen molar-refractivity contribution >= 4 is 5.97 Å². The van der Waals surface area contributed by atoms with Gasteiger partial charge in [0.2, 0.25) is 0 Å². The zero-order chi connectivity index (χ0) is 15.8. The third kappa shape index (κ3) is 5.41. The van der Waals surface area contributed by atoms with E-state index in [0.717, 1.165) is 6.07 Å². The Morgan fingerprint density at radius 3 is 2.67 bits per heavy atom. The molecule has 1 aromatic rings. The highest BCUT2D eigenvalue weighted by Crippen LogP contribution is 2.16. The van der Waals surface area contributed by atoms with Crippen molar-refractivity contribution < 1.29 is 23.8 Å². The largest absolute Gasteiger partial charge is 0.478 e. The van der Waals surface area contributed by atoms with Gasteiger partial charge in [-0.15, -0.1) is 0 Å². The molecule has 0 saturated carbocycles. The highest BCUT2D eigenvalue weighted by molar-refractivity contribution is 5.89. The molecule has 0 bridgehead atoms. The Morgan fingerprint density at radius 1 is 1.38 bits per heavy atom.